The van der Waals surface area contributed by atoms with E-state index in [9.17, 15) is 10.1 Å². The Morgan fingerprint density at radius 1 is 1.06 bits per heavy atom. The summed E-state index contributed by atoms with van der Waals surface area (Å²) in [5.74, 6) is 0.626. The third-order valence-corrected chi connectivity index (χ3v) is 7.06. The summed E-state index contributed by atoms with van der Waals surface area (Å²) in [6, 6.07) is 18.1. The smallest absolute Gasteiger partial charge is 0.269 e. The van der Waals surface area contributed by atoms with Gasteiger partial charge < -0.3 is 4.98 Å². The first-order valence-electron chi connectivity index (χ1n) is 9.40. The van der Waals surface area contributed by atoms with Crippen LogP contribution in [0, 0.1) is 10.1 Å². The molecule has 3 aromatic carbocycles. The molecule has 5 rings (SSSR count). The fourth-order valence-electron chi connectivity index (χ4n) is 3.53. The number of imidazole rings is 1. The average Bonchev–Trinajstić information content (AvgIpc) is 3.05. The van der Waals surface area contributed by atoms with Crippen molar-refractivity contribution in [3.63, 3.8) is 0 Å². The predicted octanol–water partition coefficient (Wildman–Crippen LogP) is 7.14. The lowest BCUT2D eigenvalue weighted by molar-refractivity contribution is -0.384. The Bertz CT molecular complexity index is 1330. The summed E-state index contributed by atoms with van der Waals surface area (Å²) in [4.78, 5) is 24.8. The summed E-state index contributed by atoms with van der Waals surface area (Å²) in [5, 5.41) is 12.1. The maximum Gasteiger partial charge on any atom is 0.269 e. The molecule has 1 aliphatic heterocycles. The highest BCUT2D eigenvalue weighted by Crippen LogP contribution is 2.45. The number of aromatic amines is 1. The van der Waals surface area contributed by atoms with Crippen LogP contribution in [-0.4, -0.2) is 20.6 Å². The van der Waals surface area contributed by atoms with Crippen molar-refractivity contribution in [1.29, 1.82) is 0 Å². The number of nitrogens with zero attached hydrogens (tertiary/aromatic N) is 3. The molecular formula is C22H14Cl2N4O2S. The molecule has 1 atom stereocenters. The van der Waals surface area contributed by atoms with Gasteiger partial charge in [0.1, 0.15) is 0 Å². The molecule has 1 aliphatic rings. The number of fused-ring (bicyclic) bond motifs is 2. The zero-order chi connectivity index (χ0) is 21.5. The summed E-state index contributed by atoms with van der Waals surface area (Å²) >= 11 is 13.9. The van der Waals surface area contributed by atoms with Gasteiger partial charge in [0.05, 0.1) is 37.4 Å². The SMILES string of the molecule is O=[N+]([O-])c1cccc([C@@H]2CC(c3nc4cc(Cl)c(Cl)cc4[nH]3)=Nc3ccccc3S2)c1. The molecule has 0 saturated heterocycles. The highest BCUT2D eigenvalue weighted by Gasteiger charge is 2.25. The largest absolute Gasteiger partial charge is 0.337 e. The number of nitrogens with one attached hydrogen (secondary N) is 1. The van der Waals surface area contributed by atoms with Gasteiger partial charge >= 0.3 is 0 Å². The number of non-ortho nitro benzene ring substituents is 1. The second kappa shape index (κ2) is 8.00. The monoisotopic (exact) mass is 468 g/mol. The van der Waals surface area contributed by atoms with Gasteiger partial charge in [0.25, 0.3) is 5.69 Å². The molecule has 0 radical (unpaired) electrons. The molecule has 154 valence electrons. The van der Waals surface area contributed by atoms with Crippen molar-refractivity contribution < 1.29 is 4.92 Å². The molecule has 0 fully saturated rings. The quantitative estimate of drug-likeness (QED) is 0.255. The molecule has 0 bridgehead atoms. The molecule has 0 amide bonds. The van der Waals surface area contributed by atoms with Crippen LogP contribution < -0.4 is 0 Å². The standard InChI is InChI=1S/C22H14Cl2N4O2S/c23-14-9-17-18(10-15(14)24)27-22(26-17)19-11-21(12-4-3-5-13(8-12)28(29)30)31-20-7-2-1-6-16(20)25-19/h1-10,21H,11H2,(H,26,27)/t21-/m0/s1. The minimum atomic E-state index is -0.374. The van der Waals surface area contributed by atoms with Crippen LogP contribution in [0.3, 0.4) is 0 Å². The number of nitro benzene ring substituents is 1. The van der Waals surface area contributed by atoms with E-state index in [0.29, 0.717) is 27.8 Å². The summed E-state index contributed by atoms with van der Waals surface area (Å²) in [7, 11) is 0. The van der Waals surface area contributed by atoms with Crippen molar-refractivity contribution in [3.05, 3.63) is 92.2 Å². The van der Waals surface area contributed by atoms with E-state index in [0.717, 1.165) is 27.4 Å². The lowest BCUT2D eigenvalue weighted by atomic mass is 10.1. The second-order valence-corrected chi connectivity index (χ2v) is 9.12. The number of thioether (sulfide) groups is 1. The first-order valence-corrected chi connectivity index (χ1v) is 11.0. The van der Waals surface area contributed by atoms with E-state index in [-0.39, 0.29) is 15.9 Å². The third-order valence-electron chi connectivity index (χ3n) is 5.02. The lowest BCUT2D eigenvalue weighted by Crippen LogP contribution is -2.07. The molecular weight excluding hydrogens is 455 g/mol. The van der Waals surface area contributed by atoms with Crippen LogP contribution in [0.25, 0.3) is 11.0 Å². The van der Waals surface area contributed by atoms with Crippen molar-refractivity contribution >= 4 is 63.1 Å². The van der Waals surface area contributed by atoms with E-state index in [4.69, 9.17) is 28.2 Å². The van der Waals surface area contributed by atoms with Gasteiger partial charge in [-0.2, -0.15) is 0 Å². The lowest BCUT2D eigenvalue weighted by Gasteiger charge is -2.15. The molecule has 0 saturated carbocycles. The number of nitro groups is 1. The van der Waals surface area contributed by atoms with Crippen LogP contribution in [0.5, 0.6) is 0 Å². The minimum Gasteiger partial charge on any atom is -0.337 e. The zero-order valence-corrected chi connectivity index (χ0v) is 18.2. The van der Waals surface area contributed by atoms with E-state index in [2.05, 4.69) is 9.97 Å². The van der Waals surface area contributed by atoms with Crippen molar-refractivity contribution in [3.8, 4) is 0 Å². The molecule has 0 aliphatic carbocycles. The molecule has 0 unspecified atom stereocenters. The zero-order valence-electron chi connectivity index (χ0n) is 15.9. The van der Waals surface area contributed by atoms with Crippen LogP contribution in [0.15, 0.2) is 70.6 Å². The Kier molecular flexibility index (Phi) is 5.17. The van der Waals surface area contributed by atoms with Crippen molar-refractivity contribution in [2.45, 2.75) is 16.6 Å². The number of H-pyrrole nitrogens is 1. The summed E-state index contributed by atoms with van der Waals surface area (Å²) in [6.45, 7) is 0. The van der Waals surface area contributed by atoms with E-state index >= 15 is 0 Å². The second-order valence-electron chi connectivity index (χ2n) is 7.06. The van der Waals surface area contributed by atoms with Gasteiger partial charge in [-0.25, -0.2) is 9.98 Å². The van der Waals surface area contributed by atoms with Gasteiger partial charge in [-0.15, -0.1) is 11.8 Å². The number of aromatic nitrogens is 2. The van der Waals surface area contributed by atoms with Gasteiger partial charge in [-0.3, -0.25) is 10.1 Å². The van der Waals surface area contributed by atoms with Gasteiger partial charge in [0.2, 0.25) is 0 Å². The van der Waals surface area contributed by atoms with Gasteiger partial charge in [-0.05, 0) is 29.8 Å². The summed E-state index contributed by atoms with van der Waals surface area (Å²) < 4.78 is 0. The number of hydrogen-bond donors (Lipinski definition) is 1. The Balaban J connectivity index is 1.62. The Hall–Kier alpha value is -2.87. The maximum absolute atomic E-state index is 11.3. The van der Waals surface area contributed by atoms with E-state index in [1.807, 2.05) is 30.3 Å². The molecule has 4 aromatic rings. The summed E-state index contributed by atoms with van der Waals surface area (Å²) in [5.41, 5.74) is 4.01. The van der Waals surface area contributed by atoms with Crippen molar-refractivity contribution in [2.24, 2.45) is 4.99 Å². The number of hydrogen-bond acceptors (Lipinski definition) is 5. The Labute approximate surface area is 191 Å². The molecule has 9 heteroatoms. The van der Waals surface area contributed by atoms with Crippen LogP contribution >= 0.6 is 35.0 Å². The molecule has 1 N–H and O–H groups in total. The molecule has 2 heterocycles. The first-order chi connectivity index (χ1) is 15.0. The number of rotatable bonds is 3. The molecule has 6 nitrogen and oxygen atoms in total. The number of aliphatic imine (C=N–C) groups is 1. The van der Waals surface area contributed by atoms with Crippen LogP contribution in [0.1, 0.15) is 23.1 Å². The fraction of sp³-hybridized carbons (Fsp3) is 0.0909. The normalized spacial score (nSPS) is 15.9. The van der Waals surface area contributed by atoms with Crippen molar-refractivity contribution in [1.82, 2.24) is 9.97 Å². The van der Waals surface area contributed by atoms with E-state index in [1.54, 1.807) is 36.0 Å². The highest BCUT2D eigenvalue weighted by atomic mass is 35.5. The fourth-order valence-corrected chi connectivity index (χ4v) is 5.07. The average molecular weight is 469 g/mol. The van der Waals surface area contributed by atoms with Crippen LogP contribution in [0.4, 0.5) is 11.4 Å². The Morgan fingerprint density at radius 3 is 2.71 bits per heavy atom. The van der Waals surface area contributed by atoms with Crippen LogP contribution in [-0.2, 0) is 0 Å². The predicted molar refractivity (Wildman–Crippen MR) is 125 cm³/mol. The number of halogens is 2. The van der Waals surface area contributed by atoms with Gasteiger partial charge in [0.15, 0.2) is 5.82 Å². The first kappa shape index (κ1) is 20.1. The molecule has 1 aromatic heterocycles. The number of benzene rings is 3. The molecule has 0 spiro atoms. The van der Waals surface area contributed by atoms with Gasteiger partial charge in [-0.1, -0.05) is 47.5 Å². The van der Waals surface area contributed by atoms with E-state index < -0.39 is 0 Å². The minimum absolute atomic E-state index is 0.0670. The van der Waals surface area contributed by atoms with Crippen molar-refractivity contribution in [2.75, 3.05) is 0 Å². The van der Waals surface area contributed by atoms with Gasteiger partial charge in [0, 0.05) is 28.7 Å². The number of para-hydroxylation sites is 1. The third kappa shape index (κ3) is 3.92. The molecule has 31 heavy (non-hydrogen) atoms. The van der Waals surface area contributed by atoms with E-state index in [1.165, 1.54) is 6.07 Å². The summed E-state index contributed by atoms with van der Waals surface area (Å²) in [6.07, 6.45) is 0.543. The Morgan fingerprint density at radius 2 is 1.87 bits per heavy atom. The van der Waals surface area contributed by atoms with Crippen LogP contribution in [0.2, 0.25) is 10.0 Å². The topological polar surface area (TPSA) is 84.2 Å². The highest BCUT2D eigenvalue weighted by molar-refractivity contribution is 7.99. The maximum atomic E-state index is 11.3.